The molecular weight excluding hydrogens is 266 g/mol. The monoisotopic (exact) mass is 285 g/mol. The molecule has 0 aliphatic carbocycles. The number of carboxylic acid groups (broad SMARTS) is 1. The van der Waals surface area contributed by atoms with E-state index in [-0.39, 0.29) is 0 Å². The molecule has 1 aliphatic heterocycles. The van der Waals surface area contributed by atoms with Crippen LogP contribution in [0.3, 0.4) is 0 Å². The third kappa shape index (κ3) is 2.69. The Morgan fingerprint density at radius 3 is 3.00 bits per heavy atom. The van der Waals surface area contributed by atoms with Crippen LogP contribution in [-0.4, -0.2) is 33.2 Å². The molecule has 0 unspecified atom stereocenters. The third-order valence-corrected chi connectivity index (χ3v) is 4.06. The van der Waals surface area contributed by atoms with Crippen molar-refractivity contribution in [1.29, 1.82) is 0 Å². The normalized spacial score (nSPS) is 22.1. The van der Waals surface area contributed by atoms with Crippen molar-refractivity contribution < 1.29 is 9.90 Å². The number of hydrogen-bond acceptors (Lipinski definition) is 3. The molecule has 2 aromatic rings. The van der Waals surface area contributed by atoms with E-state index in [1.165, 1.54) is 0 Å². The maximum atomic E-state index is 11.4. The number of hydrogen-bond donors (Lipinski definition) is 2. The minimum Gasteiger partial charge on any atom is -0.478 e. The average molecular weight is 285 g/mol. The van der Waals surface area contributed by atoms with Crippen LogP contribution in [0.15, 0.2) is 36.7 Å². The summed E-state index contributed by atoms with van der Waals surface area (Å²) in [5.74, 6) is -0.175. The largest absolute Gasteiger partial charge is 0.478 e. The molecule has 0 amide bonds. The number of imidazole rings is 1. The van der Waals surface area contributed by atoms with Gasteiger partial charge in [0.05, 0.1) is 5.56 Å². The molecule has 5 nitrogen and oxygen atoms in total. The van der Waals surface area contributed by atoms with Crippen molar-refractivity contribution in [3.8, 4) is 11.4 Å². The molecule has 1 aromatic carbocycles. The molecule has 0 radical (unpaired) electrons. The Bertz CT molecular complexity index is 650. The van der Waals surface area contributed by atoms with Gasteiger partial charge < -0.3 is 15.0 Å². The van der Waals surface area contributed by atoms with Gasteiger partial charge in [-0.15, -0.1) is 0 Å². The Balaban J connectivity index is 2.01. The number of benzene rings is 1. The van der Waals surface area contributed by atoms with Crippen molar-refractivity contribution in [3.63, 3.8) is 0 Å². The van der Waals surface area contributed by atoms with Crippen molar-refractivity contribution in [3.05, 3.63) is 42.2 Å². The maximum Gasteiger partial charge on any atom is 0.336 e. The van der Waals surface area contributed by atoms with Crippen LogP contribution >= 0.6 is 0 Å². The highest BCUT2D eigenvalue weighted by Crippen LogP contribution is 2.29. The lowest BCUT2D eigenvalue weighted by Crippen LogP contribution is -2.36. The summed E-state index contributed by atoms with van der Waals surface area (Å²) in [5, 5.41) is 12.8. The number of carbonyl (C=O) groups is 1. The summed E-state index contributed by atoms with van der Waals surface area (Å²) in [4.78, 5) is 15.8. The lowest BCUT2D eigenvalue weighted by atomic mass is 9.99. The van der Waals surface area contributed by atoms with E-state index in [4.69, 9.17) is 0 Å². The first kappa shape index (κ1) is 13.8. The topological polar surface area (TPSA) is 67.2 Å². The Morgan fingerprint density at radius 1 is 1.43 bits per heavy atom. The predicted molar refractivity (Wildman–Crippen MR) is 80.4 cm³/mol. The van der Waals surface area contributed by atoms with Gasteiger partial charge in [-0.25, -0.2) is 9.78 Å². The van der Waals surface area contributed by atoms with Crippen LogP contribution in [0.25, 0.3) is 11.4 Å². The molecule has 1 aliphatic rings. The smallest absolute Gasteiger partial charge is 0.336 e. The van der Waals surface area contributed by atoms with Gasteiger partial charge in [0.2, 0.25) is 0 Å². The van der Waals surface area contributed by atoms with E-state index in [0.717, 1.165) is 25.2 Å². The number of nitrogens with one attached hydrogen (secondary N) is 1. The van der Waals surface area contributed by atoms with Gasteiger partial charge in [0.25, 0.3) is 0 Å². The Kier molecular flexibility index (Phi) is 3.75. The molecule has 1 fully saturated rings. The standard InChI is InChI=1S/C16H19N3O2/c1-11-10-12(6-7-17-11)19-9-8-18-15(19)13-4-2-3-5-14(13)16(20)21/h2-5,8-9,11-12,17H,6-7,10H2,1H3,(H,20,21)/t11-,12+/m0/s1. The van der Waals surface area contributed by atoms with Crippen LogP contribution in [0.5, 0.6) is 0 Å². The van der Waals surface area contributed by atoms with Gasteiger partial charge in [0, 0.05) is 30.0 Å². The first-order valence-corrected chi connectivity index (χ1v) is 7.25. The fourth-order valence-electron chi connectivity index (χ4n) is 3.04. The van der Waals surface area contributed by atoms with Crippen LogP contribution in [0.1, 0.15) is 36.2 Å². The summed E-state index contributed by atoms with van der Waals surface area (Å²) in [7, 11) is 0. The van der Waals surface area contributed by atoms with Crippen LogP contribution < -0.4 is 5.32 Å². The first-order valence-electron chi connectivity index (χ1n) is 7.25. The molecule has 110 valence electrons. The van der Waals surface area contributed by atoms with Crippen LogP contribution in [0, 0.1) is 0 Å². The summed E-state index contributed by atoms with van der Waals surface area (Å²) in [6.45, 7) is 3.15. The lowest BCUT2D eigenvalue weighted by molar-refractivity contribution is 0.0697. The number of aromatic carboxylic acids is 1. The van der Waals surface area contributed by atoms with Crippen molar-refractivity contribution in [1.82, 2.24) is 14.9 Å². The van der Waals surface area contributed by atoms with Crippen LogP contribution in [0.4, 0.5) is 0 Å². The average Bonchev–Trinajstić information content (AvgIpc) is 2.96. The summed E-state index contributed by atoms with van der Waals surface area (Å²) in [6.07, 6.45) is 5.76. The van der Waals surface area contributed by atoms with Gasteiger partial charge in [-0.05, 0) is 32.4 Å². The Hall–Kier alpha value is -2.14. The minimum absolute atomic E-state index is 0.298. The van der Waals surface area contributed by atoms with E-state index in [9.17, 15) is 9.90 Å². The van der Waals surface area contributed by atoms with Crippen LogP contribution in [0.2, 0.25) is 0 Å². The number of rotatable bonds is 3. The lowest BCUT2D eigenvalue weighted by Gasteiger charge is -2.30. The zero-order chi connectivity index (χ0) is 14.8. The molecule has 1 saturated heterocycles. The molecule has 1 aromatic heterocycles. The molecule has 5 heteroatoms. The van der Waals surface area contributed by atoms with Gasteiger partial charge in [-0.2, -0.15) is 0 Å². The molecule has 3 rings (SSSR count). The van der Waals surface area contributed by atoms with E-state index in [2.05, 4.69) is 21.8 Å². The van der Waals surface area contributed by atoms with Gasteiger partial charge in [-0.3, -0.25) is 0 Å². The van der Waals surface area contributed by atoms with Crippen LogP contribution in [-0.2, 0) is 0 Å². The molecule has 2 atom stereocenters. The summed E-state index contributed by atoms with van der Waals surface area (Å²) < 4.78 is 2.12. The van der Waals surface area contributed by atoms with E-state index < -0.39 is 5.97 Å². The highest BCUT2D eigenvalue weighted by atomic mass is 16.4. The number of aromatic nitrogens is 2. The molecule has 21 heavy (non-hydrogen) atoms. The fourth-order valence-corrected chi connectivity index (χ4v) is 3.04. The molecule has 2 N–H and O–H groups in total. The summed E-state index contributed by atoms with van der Waals surface area (Å²) >= 11 is 0. The second kappa shape index (κ2) is 5.69. The van der Waals surface area contributed by atoms with E-state index >= 15 is 0 Å². The number of nitrogens with zero attached hydrogens (tertiary/aromatic N) is 2. The van der Waals surface area contributed by atoms with E-state index in [0.29, 0.717) is 23.2 Å². The molecule has 0 bridgehead atoms. The van der Waals surface area contributed by atoms with E-state index in [1.807, 2.05) is 18.3 Å². The van der Waals surface area contributed by atoms with E-state index in [1.54, 1.807) is 18.3 Å². The minimum atomic E-state index is -0.918. The summed E-state index contributed by atoms with van der Waals surface area (Å²) in [5.41, 5.74) is 0.980. The SMILES string of the molecule is C[C@H]1C[C@H](n2ccnc2-c2ccccc2C(=O)O)CCN1. The highest BCUT2D eigenvalue weighted by molar-refractivity contribution is 5.95. The summed E-state index contributed by atoms with van der Waals surface area (Å²) in [6, 6.07) is 7.88. The second-order valence-corrected chi connectivity index (χ2v) is 5.54. The maximum absolute atomic E-state index is 11.4. The van der Waals surface area contributed by atoms with Gasteiger partial charge in [0.1, 0.15) is 5.82 Å². The first-order chi connectivity index (χ1) is 10.2. The molecule has 0 saturated carbocycles. The third-order valence-electron chi connectivity index (χ3n) is 4.06. The molecule has 2 heterocycles. The Morgan fingerprint density at radius 2 is 2.24 bits per heavy atom. The van der Waals surface area contributed by atoms with Crippen molar-refractivity contribution in [2.75, 3.05) is 6.54 Å². The van der Waals surface area contributed by atoms with Crippen molar-refractivity contribution >= 4 is 5.97 Å². The fraction of sp³-hybridized carbons (Fsp3) is 0.375. The van der Waals surface area contributed by atoms with Crippen molar-refractivity contribution in [2.24, 2.45) is 0 Å². The van der Waals surface area contributed by atoms with Gasteiger partial charge >= 0.3 is 5.97 Å². The van der Waals surface area contributed by atoms with Gasteiger partial charge in [0.15, 0.2) is 0 Å². The molecule has 0 spiro atoms. The predicted octanol–water partition coefficient (Wildman–Crippen LogP) is 2.56. The molecular formula is C16H19N3O2. The Labute approximate surface area is 123 Å². The number of piperidine rings is 1. The second-order valence-electron chi connectivity index (χ2n) is 5.54. The van der Waals surface area contributed by atoms with Gasteiger partial charge in [-0.1, -0.05) is 18.2 Å². The zero-order valence-electron chi connectivity index (χ0n) is 12.0. The van der Waals surface area contributed by atoms with Crippen molar-refractivity contribution in [2.45, 2.75) is 31.8 Å². The zero-order valence-corrected chi connectivity index (χ0v) is 12.0. The quantitative estimate of drug-likeness (QED) is 0.909. The highest BCUT2D eigenvalue weighted by Gasteiger charge is 2.23. The number of carboxylic acids is 1.